The van der Waals surface area contributed by atoms with Crippen LogP contribution in [0.15, 0.2) is 42.5 Å². The van der Waals surface area contributed by atoms with Gasteiger partial charge in [-0.2, -0.15) is 0 Å². The van der Waals surface area contributed by atoms with Crippen molar-refractivity contribution in [2.24, 2.45) is 0 Å². The first kappa shape index (κ1) is 13.4. The first-order chi connectivity index (χ1) is 9.58. The molecule has 0 amide bonds. The highest BCUT2D eigenvalue weighted by Gasteiger charge is 2.42. The smallest absolute Gasteiger partial charge is 0.174 e. The lowest BCUT2D eigenvalue weighted by Crippen LogP contribution is -2.06. The fourth-order valence-corrected chi connectivity index (χ4v) is 2.37. The minimum atomic E-state index is -0.900. The van der Waals surface area contributed by atoms with E-state index in [1.54, 1.807) is 6.07 Å². The first-order valence-corrected chi connectivity index (χ1v) is 6.85. The van der Waals surface area contributed by atoms with E-state index >= 15 is 0 Å². The van der Waals surface area contributed by atoms with Crippen molar-refractivity contribution in [2.45, 2.75) is 25.0 Å². The van der Waals surface area contributed by atoms with Crippen molar-refractivity contribution in [2.75, 3.05) is 0 Å². The topological polar surface area (TPSA) is 29.5 Å². The molecular weight excluding hydrogens is 279 g/mol. The highest BCUT2D eigenvalue weighted by molar-refractivity contribution is 6.32. The molecule has 1 saturated carbocycles. The van der Waals surface area contributed by atoms with Gasteiger partial charge in [-0.25, -0.2) is 4.39 Å². The highest BCUT2D eigenvalue weighted by atomic mass is 35.5. The Morgan fingerprint density at radius 2 is 1.90 bits per heavy atom. The number of rotatable bonds is 4. The molecule has 0 unspecified atom stereocenters. The molecular formula is C16H14ClFO2. The molecule has 1 fully saturated rings. The van der Waals surface area contributed by atoms with Gasteiger partial charge in [-0.15, -0.1) is 0 Å². The van der Waals surface area contributed by atoms with E-state index in [-0.39, 0.29) is 17.4 Å². The summed E-state index contributed by atoms with van der Waals surface area (Å²) < 4.78 is 19.5. The molecule has 0 atom stereocenters. The van der Waals surface area contributed by atoms with Gasteiger partial charge in [0.1, 0.15) is 6.61 Å². The van der Waals surface area contributed by atoms with E-state index in [1.807, 2.05) is 30.3 Å². The lowest BCUT2D eigenvalue weighted by molar-refractivity contribution is 0.151. The van der Waals surface area contributed by atoms with E-state index in [1.165, 1.54) is 6.07 Å². The second-order valence-electron chi connectivity index (χ2n) is 5.07. The van der Waals surface area contributed by atoms with E-state index in [9.17, 15) is 9.50 Å². The molecule has 2 nitrogen and oxygen atoms in total. The molecule has 0 aliphatic heterocycles. The molecule has 0 heterocycles. The minimum Gasteiger partial charge on any atom is -0.484 e. The zero-order chi connectivity index (χ0) is 14.2. The van der Waals surface area contributed by atoms with Crippen molar-refractivity contribution in [1.29, 1.82) is 0 Å². The van der Waals surface area contributed by atoms with Gasteiger partial charge in [0.25, 0.3) is 0 Å². The molecule has 4 heteroatoms. The standard InChI is InChI=1S/C16H14ClFO2/c17-13-8-12(16(19)6-7-16)9-14(18)15(13)20-10-11-4-2-1-3-5-11/h1-5,8-9,19H,6-7,10H2. The second-order valence-corrected chi connectivity index (χ2v) is 5.48. The summed E-state index contributed by atoms with van der Waals surface area (Å²) in [4.78, 5) is 0. The van der Waals surface area contributed by atoms with Crippen LogP contribution in [0.3, 0.4) is 0 Å². The van der Waals surface area contributed by atoms with E-state index < -0.39 is 11.4 Å². The summed E-state index contributed by atoms with van der Waals surface area (Å²) in [5.74, 6) is -0.507. The van der Waals surface area contributed by atoms with Gasteiger partial charge in [-0.3, -0.25) is 0 Å². The summed E-state index contributed by atoms with van der Waals surface area (Å²) in [7, 11) is 0. The molecule has 1 N–H and O–H groups in total. The van der Waals surface area contributed by atoms with Crippen molar-refractivity contribution in [3.63, 3.8) is 0 Å². The summed E-state index contributed by atoms with van der Waals surface area (Å²) in [6.07, 6.45) is 1.29. The molecule has 2 aromatic carbocycles. The monoisotopic (exact) mass is 292 g/mol. The van der Waals surface area contributed by atoms with Crippen molar-refractivity contribution < 1.29 is 14.2 Å². The zero-order valence-electron chi connectivity index (χ0n) is 10.8. The lowest BCUT2D eigenvalue weighted by atomic mass is 10.1. The maximum atomic E-state index is 14.1. The van der Waals surface area contributed by atoms with Crippen LogP contribution in [-0.4, -0.2) is 5.11 Å². The van der Waals surface area contributed by atoms with Crippen molar-refractivity contribution in [3.8, 4) is 5.75 Å². The zero-order valence-corrected chi connectivity index (χ0v) is 11.5. The normalized spacial score (nSPS) is 15.9. The third kappa shape index (κ3) is 2.65. The van der Waals surface area contributed by atoms with Crippen LogP contribution in [0, 0.1) is 5.82 Å². The molecule has 0 spiro atoms. The van der Waals surface area contributed by atoms with E-state index in [0.717, 1.165) is 5.56 Å². The second kappa shape index (κ2) is 5.08. The van der Waals surface area contributed by atoms with Crippen LogP contribution in [0.25, 0.3) is 0 Å². The van der Waals surface area contributed by atoms with E-state index in [2.05, 4.69) is 0 Å². The van der Waals surface area contributed by atoms with E-state index in [4.69, 9.17) is 16.3 Å². The molecule has 3 rings (SSSR count). The Bertz CT molecular complexity index is 601. The van der Waals surface area contributed by atoms with Crippen LogP contribution in [-0.2, 0) is 12.2 Å². The number of benzene rings is 2. The molecule has 0 aromatic heterocycles. The van der Waals surface area contributed by atoms with Gasteiger partial charge in [0.15, 0.2) is 11.6 Å². The predicted molar refractivity (Wildman–Crippen MR) is 75.3 cm³/mol. The Morgan fingerprint density at radius 3 is 2.50 bits per heavy atom. The SMILES string of the molecule is OC1(c2cc(F)c(OCc3ccccc3)c(Cl)c2)CC1. The number of hydrogen-bond donors (Lipinski definition) is 1. The first-order valence-electron chi connectivity index (χ1n) is 6.47. The Hall–Kier alpha value is -1.58. The third-order valence-electron chi connectivity index (χ3n) is 3.49. The minimum absolute atomic E-state index is 0.0310. The van der Waals surface area contributed by atoms with Crippen molar-refractivity contribution in [3.05, 3.63) is 64.4 Å². The highest BCUT2D eigenvalue weighted by Crippen LogP contribution is 2.47. The van der Waals surface area contributed by atoms with Gasteiger partial charge in [-0.1, -0.05) is 41.9 Å². The summed E-state index contributed by atoms with van der Waals surface area (Å²) in [6.45, 7) is 0.251. The van der Waals surface area contributed by atoms with E-state index in [0.29, 0.717) is 18.4 Å². The van der Waals surface area contributed by atoms with Gasteiger partial charge in [-0.05, 0) is 36.1 Å². The maximum absolute atomic E-state index is 14.1. The molecule has 1 aliphatic rings. The predicted octanol–water partition coefficient (Wildman–Crippen LogP) is 4.04. The maximum Gasteiger partial charge on any atom is 0.174 e. The number of ether oxygens (including phenoxy) is 1. The molecule has 20 heavy (non-hydrogen) atoms. The third-order valence-corrected chi connectivity index (χ3v) is 3.77. The Balaban J connectivity index is 1.80. The van der Waals surface area contributed by atoms with Crippen molar-refractivity contribution in [1.82, 2.24) is 0 Å². The average Bonchev–Trinajstić information content (AvgIpc) is 3.18. The van der Waals surface area contributed by atoms with Crippen LogP contribution in [0.5, 0.6) is 5.75 Å². The molecule has 1 aliphatic carbocycles. The largest absolute Gasteiger partial charge is 0.484 e. The lowest BCUT2D eigenvalue weighted by Gasteiger charge is -2.13. The van der Waals surface area contributed by atoms with Gasteiger partial charge in [0.2, 0.25) is 0 Å². The van der Waals surface area contributed by atoms with Crippen LogP contribution in [0.4, 0.5) is 4.39 Å². The van der Waals surface area contributed by atoms with Gasteiger partial charge in [0, 0.05) is 0 Å². The fraction of sp³-hybridized carbons (Fsp3) is 0.250. The van der Waals surface area contributed by atoms with Crippen LogP contribution in [0.2, 0.25) is 5.02 Å². The number of halogens is 2. The molecule has 104 valence electrons. The Kier molecular flexibility index (Phi) is 3.40. The Morgan fingerprint density at radius 1 is 1.20 bits per heavy atom. The van der Waals surface area contributed by atoms with Gasteiger partial charge < -0.3 is 9.84 Å². The summed E-state index contributed by atoms with van der Waals surface area (Å²) in [6, 6.07) is 12.4. The summed E-state index contributed by atoms with van der Waals surface area (Å²) in [5.41, 5.74) is 0.558. The molecule has 2 aromatic rings. The van der Waals surface area contributed by atoms with Crippen LogP contribution in [0.1, 0.15) is 24.0 Å². The number of aliphatic hydroxyl groups is 1. The molecule has 0 bridgehead atoms. The Labute approximate surface area is 121 Å². The van der Waals surface area contributed by atoms with Gasteiger partial charge in [0.05, 0.1) is 10.6 Å². The fourth-order valence-electron chi connectivity index (χ4n) is 2.10. The quantitative estimate of drug-likeness (QED) is 0.921. The van der Waals surface area contributed by atoms with Gasteiger partial charge >= 0.3 is 0 Å². The van der Waals surface area contributed by atoms with Crippen LogP contribution < -0.4 is 4.74 Å². The average molecular weight is 293 g/mol. The number of hydrogen-bond acceptors (Lipinski definition) is 2. The van der Waals surface area contributed by atoms with Crippen LogP contribution >= 0.6 is 11.6 Å². The summed E-state index contributed by atoms with van der Waals surface area (Å²) in [5, 5.41) is 10.2. The van der Waals surface area contributed by atoms with Crippen molar-refractivity contribution >= 4 is 11.6 Å². The molecule has 0 saturated heterocycles. The summed E-state index contributed by atoms with van der Waals surface area (Å²) >= 11 is 6.06. The molecule has 0 radical (unpaired) electrons.